The van der Waals surface area contributed by atoms with E-state index in [1.54, 1.807) is 11.3 Å². The quantitative estimate of drug-likeness (QED) is 0.581. The van der Waals surface area contributed by atoms with Gasteiger partial charge in [-0.2, -0.15) is 0 Å². The molecule has 0 bridgehead atoms. The van der Waals surface area contributed by atoms with Crippen LogP contribution in [0, 0.1) is 0 Å². The van der Waals surface area contributed by atoms with Gasteiger partial charge in [0.1, 0.15) is 0 Å². The molecule has 2 nitrogen and oxygen atoms in total. The van der Waals surface area contributed by atoms with E-state index in [2.05, 4.69) is 18.1 Å². The van der Waals surface area contributed by atoms with Gasteiger partial charge >= 0.3 is 0 Å². The first-order chi connectivity index (χ1) is 6.40. The van der Waals surface area contributed by atoms with Crippen molar-refractivity contribution in [3.8, 4) is 0 Å². The van der Waals surface area contributed by atoms with Crippen LogP contribution >= 0.6 is 23.3 Å². The monoisotopic (exact) mass is 210 g/mol. The minimum Gasteiger partial charge on any atom is -0.272 e. The molecular weight excluding hydrogens is 200 g/mol. The second-order valence-electron chi connectivity index (χ2n) is 2.07. The van der Waals surface area contributed by atoms with Crippen molar-refractivity contribution in [2.24, 2.45) is 5.14 Å². The molecule has 0 saturated heterocycles. The van der Waals surface area contributed by atoms with Crippen LogP contribution in [-0.4, -0.2) is 4.98 Å². The molecule has 13 heavy (non-hydrogen) atoms. The number of aromatic nitrogens is 1. The molecule has 0 amide bonds. The number of benzene rings is 1. The van der Waals surface area contributed by atoms with Crippen LogP contribution in [0.3, 0.4) is 0 Å². The van der Waals surface area contributed by atoms with E-state index in [1.807, 2.05) is 24.3 Å². The van der Waals surface area contributed by atoms with Gasteiger partial charge in [0.25, 0.3) is 0 Å². The van der Waals surface area contributed by atoms with Crippen molar-refractivity contribution in [3.63, 3.8) is 0 Å². The molecule has 0 spiro atoms. The summed E-state index contributed by atoms with van der Waals surface area (Å²) in [6.07, 6.45) is 0. The fourth-order valence-corrected chi connectivity index (χ4v) is 2.21. The van der Waals surface area contributed by atoms with Crippen molar-refractivity contribution in [1.82, 2.24) is 4.98 Å². The summed E-state index contributed by atoms with van der Waals surface area (Å²) in [5.41, 5.74) is 1.03. The average molecular weight is 210 g/mol. The number of nitrogens with two attached hydrogens (primary N) is 1. The predicted molar refractivity (Wildman–Crippen MR) is 60.9 cm³/mol. The number of thiazole rings is 1. The van der Waals surface area contributed by atoms with E-state index in [1.165, 1.54) is 16.6 Å². The van der Waals surface area contributed by atoms with Crippen molar-refractivity contribution in [1.29, 1.82) is 0 Å². The molecule has 1 aromatic carbocycles. The lowest BCUT2D eigenvalue weighted by atomic mass is 10.3. The Labute approximate surface area is 85.6 Å². The summed E-state index contributed by atoms with van der Waals surface area (Å²) in [5, 5.41) is 5.38. The third-order valence-electron chi connectivity index (χ3n) is 1.38. The summed E-state index contributed by atoms with van der Waals surface area (Å²) in [6.45, 7) is 6.00. The van der Waals surface area contributed by atoms with Gasteiger partial charge in [0, 0.05) is 0 Å². The smallest absolute Gasteiger partial charge is 0.165 e. The van der Waals surface area contributed by atoms with Crippen LogP contribution in [0.25, 0.3) is 10.2 Å². The third-order valence-corrected chi connectivity index (χ3v) is 3.04. The van der Waals surface area contributed by atoms with E-state index in [0.29, 0.717) is 0 Å². The number of nitrogens with zero attached hydrogens (tertiary/aromatic N) is 1. The van der Waals surface area contributed by atoms with Gasteiger partial charge in [0.2, 0.25) is 0 Å². The summed E-state index contributed by atoms with van der Waals surface area (Å²) in [6, 6.07) is 8.02. The molecule has 4 heteroatoms. The molecule has 0 atom stereocenters. The first kappa shape index (κ1) is 10.2. The van der Waals surface area contributed by atoms with Crippen LogP contribution in [0.5, 0.6) is 0 Å². The lowest BCUT2D eigenvalue weighted by Crippen LogP contribution is -1.75. The molecule has 2 N–H and O–H groups in total. The molecule has 1 heterocycles. The van der Waals surface area contributed by atoms with Gasteiger partial charge in [-0.1, -0.05) is 12.1 Å². The number of para-hydroxylation sites is 1. The van der Waals surface area contributed by atoms with Crippen LogP contribution in [-0.2, 0) is 0 Å². The van der Waals surface area contributed by atoms with Crippen LogP contribution < -0.4 is 5.14 Å². The van der Waals surface area contributed by atoms with Crippen LogP contribution in [0.2, 0.25) is 0 Å². The topological polar surface area (TPSA) is 38.9 Å². The Hall–Kier alpha value is -0.840. The number of hydrogen-bond acceptors (Lipinski definition) is 4. The summed E-state index contributed by atoms with van der Waals surface area (Å²) >= 11 is 2.83. The molecule has 2 aromatic rings. The maximum Gasteiger partial charge on any atom is 0.165 e. The maximum absolute atomic E-state index is 5.38. The average Bonchev–Trinajstić information content (AvgIpc) is 2.63. The van der Waals surface area contributed by atoms with Crippen LogP contribution in [0.4, 0.5) is 0 Å². The van der Waals surface area contributed by atoms with Crippen molar-refractivity contribution in [3.05, 3.63) is 37.4 Å². The fraction of sp³-hybridized carbons (Fsp3) is 0. The second kappa shape index (κ2) is 5.01. The highest BCUT2D eigenvalue weighted by atomic mass is 32.2. The normalized spacial score (nSPS) is 9.31. The van der Waals surface area contributed by atoms with Gasteiger partial charge in [-0.25, -0.2) is 4.98 Å². The Kier molecular flexibility index (Phi) is 3.95. The van der Waals surface area contributed by atoms with E-state index in [-0.39, 0.29) is 0 Å². The zero-order chi connectivity index (χ0) is 9.68. The third kappa shape index (κ3) is 2.30. The van der Waals surface area contributed by atoms with Gasteiger partial charge in [-0.3, -0.25) is 5.14 Å². The zero-order valence-electron chi connectivity index (χ0n) is 7.06. The van der Waals surface area contributed by atoms with Gasteiger partial charge < -0.3 is 0 Å². The molecule has 0 radical (unpaired) electrons. The van der Waals surface area contributed by atoms with Gasteiger partial charge in [0.05, 0.1) is 10.2 Å². The van der Waals surface area contributed by atoms with Crippen LogP contribution in [0.1, 0.15) is 0 Å². The molecule has 0 saturated carbocycles. The standard InChI is InChI=1S/C7H6N2S2.C2H4/c8-11-7-9-5-3-1-2-4-6(5)10-7;1-2/h1-4H,8H2;1-2H2. The molecule has 0 aliphatic rings. The summed E-state index contributed by atoms with van der Waals surface area (Å²) in [7, 11) is 0. The van der Waals surface area contributed by atoms with Crippen molar-refractivity contribution in [2.75, 3.05) is 0 Å². The van der Waals surface area contributed by atoms with Crippen molar-refractivity contribution < 1.29 is 0 Å². The minimum atomic E-state index is 0.922. The first-order valence-corrected chi connectivity index (χ1v) is 5.32. The largest absolute Gasteiger partial charge is 0.272 e. The lowest BCUT2D eigenvalue weighted by molar-refractivity contribution is 1.30. The van der Waals surface area contributed by atoms with Gasteiger partial charge in [-0.05, 0) is 24.1 Å². The number of fused-ring (bicyclic) bond motifs is 1. The van der Waals surface area contributed by atoms with Crippen molar-refractivity contribution >= 4 is 33.5 Å². The molecule has 0 aliphatic carbocycles. The van der Waals surface area contributed by atoms with E-state index in [0.717, 1.165) is 9.86 Å². The Balaban J connectivity index is 0.000000396. The summed E-state index contributed by atoms with van der Waals surface area (Å²) in [4.78, 5) is 4.29. The van der Waals surface area contributed by atoms with Gasteiger partial charge in [0.15, 0.2) is 4.34 Å². The Bertz CT molecular complexity index is 351. The Morgan fingerprint density at radius 1 is 1.31 bits per heavy atom. The molecule has 1 aromatic heterocycles. The summed E-state index contributed by atoms with van der Waals surface area (Å²) < 4.78 is 2.12. The lowest BCUT2D eigenvalue weighted by Gasteiger charge is -1.80. The second-order valence-corrected chi connectivity index (χ2v) is 3.98. The highest BCUT2D eigenvalue weighted by Gasteiger charge is 1.99. The molecule has 68 valence electrons. The number of rotatable bonds is 1. The first-order valence-electron chi connectivity index (χ1n) is 3.62. The molecule has 0 fully saturated rings. The van der Waals surface area contributed by atoms with E-state index in [9.17, 15) is 0 Å². The zero-order valence-corrected chi connectivity index (χ0v) is 8.70. The molecular formula is C9H10N2S2. The maximum atomic E-state index is 5.38. The summed E-state index contributed by atoms with van der Waals surface area (Å²) in [5.74, 6) is 0. The van der Waals surface area contributed by atoms with E-state index in [4.69, 9.17) is 5.14 Å². The molecule has 0 unspecified atom stereocenters. The van der Waals surface area contributed by atoms with Crippen LogP contribution in [0.15, 0.2) is 41.8 Å². The predicted octanol–water partition coefficient (Wildman–Crippen LogP) is 3.06. The highest BCUT2D eigenvalue weighted by molar-refractivity contribution is 7.99. The molecule has 2 rings (SSSR count). The van der Waals surface area contributed by atoms with E-state index >= 15 is 0 Å². The van der Waals surface area contributed by atoms with Gasteiger partial charge in [-0.15, -0.1) is 24.5 Å². The Morgan fingerprint density at radius 3 is 2.62 bits per heavy atom. The fourth-order valence-electron chi connectivity index (χ4n) is 0.901. The highest BCUT2D eigenvalue weighted by Crippen LogP contribution is 2.25. The number of hydrogen-bond donors (Lipinski definition) is 1. The van der Waals surface area contributed by atoms with E-state index < -0.39 is 0 Å². The minimum absolute atomic E-state index is 0.922. The SMILES string of the molecule is C=C.NSc1nc2ccccc2s1. The Morgan fingerprint density at radius 2 is 2.00 bits per heavy atom. The molecule has 0 aliphatic heterocycles. The van der Waals surface area contributed by atoms with Crippen molar-refractivity contribution in [2.45, 2.75) is 4.34 Å².